The SMILES string of the molecule is CC1CCN(C(=O)CNC(=O)CNC(=O)OCC2c3ccccc3-c3ccccc32)C1C(=O)O. The highest BCUT2D eigenvalue weighted by Gasteiger charge is 2.39. The number of hydrogen-bond donors (Lipinski definition) is 3. The lowest BCUT2D eigenvalue weighted by Gasteiger charge is -2.23. The van der Waals surface area contributed by atoms with Crippen molar-refractivity contribution in [3.63, 3.8) is 0 Å². The quantitative estimate of drug-likeness (QED) is 0.574. The second-order valence-electron chi connectivity index (χ2n) is 8.59. The number of ether oxygens (including phenoxy) is 1. The molecular weight excluding hydrogens is 438 g/mol. The van der Waals surface area contributed by atoms with Gasteiger partial charge in [-0.3, -0.25) is 9.59 Å². The van der Waals surface area contributed by atoms with E-state index >= 15 is 0 Å². The molecule has 3 N–H and O–H groups in total. The lowest BCUT2D eigenvalue weighted by atomic mass is 9.98. The standard InChI is InChI=1S/C25H27N3O6/c1-15-10-11-28(23(15)24(31)32)22(30)13-26-21(29)12-27-25(33)34-14-20-18-8-4-2-6-16(18)17-7-3-5-9-19(17)20/h2-9,15,20,23H,10-14H2,1H3,(H,26,29)(H,27,33)(H,31,32). The molecule has 0 radical (unpaired) electrons. The molecule has 1 saturated heterocycles. The topological polar surface area (TPSA) is 125 Å². The Hall–Kier alpha value is -3.88. The van der Waals surface area contributed by atoms with E-state index in [4.69, 9.17) is 4.74 Å². The summed E-state index contributed by atoms with van der Waals surface area (Å²) in [6, 6.07) is 15.1. The summed E-state index contributed by atoms with van der Waals surface area (Å²) >= 11 is 0. The maximum absolute atomic E-state index is 12.3. The van der Waals surface area contributed by atoms with Crippen molar-refractivity contribution >= 4 is 23.9 Å². The summed E-state index contributed by atoms with van der Waals surface area (Å²) in [7, 11) is 0. The first-order valence-electron chi connectivity index (χ1n) is 11.2. The first-order chi connectivity index (χ1) is 16.4. The average Bonchev–Trinajstić information content (AvgIpc) is 3.38. The summed E-state index contributed by atoms with van der Waals surface area (Å²) in [6.45, 7) is 1.56. The number of rotatable bonds is 7. The molecule has 2 aliphatic rings. The van der Waals surface area contributed by atoms with Crippen LogP contribution in [0.3, 0.4) is 0 Å². The molecule has 0 aromatic heterocycles. The Morgan fingerprint density at radius 1 is 0.971 bits per heavy atom. The fourth-order valence-electron chi connectivity index (χ4n) is 4.74. The molecule has 9 nitrogen and oxygen atoms in total. The number of nitrogens with zero attached hydrogens (tertiary/aromatic N) is 1. The van der Waals surface area contributed by atoms with Crippen molar-refractivity contribution in [1.29, 1.82) is 0 Å². The molecule has 1 fully saturated rings. The highest BCUT2D eigenvalue weighted by Crippen LogP contribution is 2.44. The van der Waals surface area contributed by atoms with Gasteiger partial charge in [0, 0.05) is 12.5 Å². The Labute approximate surface area is 197 Å². The van der Waals surface area contributed by atoms with Crippen LogP contribution in [0.5, 0.6) is 0 Å². The van der Waals surface area contributed by atoms with E-state index in [0.717, 1.165) is 22.3 Å². The van der Waals surface area contributed by atoms with Crippen LogP contribution in [0.25, 0.3) is 11.1 Å². The zero-order valence-corrected chi connectivity index (χ0v) is 18.8. The monoisotopic (exact) mass is 465 g/mol. The van der Waals surface area contributed by atoms with E-state index in [2.05, 4.69) is 10.6 Å². The molecule has 3 amide bonds. The van der Waals surface area contributed by atoms with Gasteiger partial charge in [-0.2, -0.15) is 0 Å². The molecule has 2 aromatic rings. The van der Waals surface area contributed by atoms with Gasteiger partial charge in [0.05, 0.1) is 6.54 Å². The van der Waals surface area contributed by atoms with Crippen LogP contribution < -0.4 is 10.6 Å². The molecule has 34 heavy (non-hydrogen) atoms. The third kappa shape index (κ3) is 4.73. The van der Waals surface area contributed by atoms with Crippen molar-refractivity contribution in [2.24, 2.45) is 5.92 Å². The molecule has 2 atom stereocenters. The normalized spacial score (nSPS) is 18.7. The first-order valence-corrected chi connectivity index (χ1v) is 11.2. The molecule has 1 heterocycles. The summed E-state index contributed by atoms with van der Waals surface area (Å²) in [5.41, 5.74) is 4.41. The number of likely N-dealkylation sites (tertiary alicyclic amines) is 1. The molecule has 2 aromatic carbocycles. The molecule has 0 bridgehead atoms. The van der Waals surface area contributed by atoms with E-state index in [-0.39, 0.29) is 31.5 Å². The number of aliphatic carboxylic acids is 1. The number of hydrogen-bond acceptors (Lipinski definition) is 5. The Kier molecular flexibility index (Phi) is 6.81. The first kappa shape index (κ1) is 23.3. The molecule has 4 rings (SSSR count). The van der Waals surface area contributed by atoms with Crippen LogP contribution in [0.4, 0.5) is 4.79 Å². The Bertz CT molecular complexity index is 1070. The van der Waals surface area contributed by atoms with Crippen LogP contribution in [0.1, 0.15) is 30.4 Å². The molecule has 0 saturated carbocycles. The van der Waals surface area contributed by atoms with Crippen molar-refractivity contribution in [2.75, 3.05) is 26.2 Å². The van der Waals surface area contributed by atoms with Crippen LogP contribution in [-0.2, 0) is 19.1 Å². The third-order valence-electron chi connectivity index (χ3n) is 6.45. The maximum Gasteiger partial charge on any atom is 0.407 e. The van der Waals surface area contributed by atoms with Crippen molar-refractivity contribution in [2.45, 2.75) is 25.3 Å². The minimum absolute atomic E-state index is 0.0883. The van der Waals surface area contributed by atoms with Crippen molar-refractivity contribution in [1.82, 2.24) is 15.5 Å². The van der Waals surface area contributed by atoms with Crippen molar-refractivity contribution < 1.29 is 29.0 Å². The van der Waals surface area contributed by atoms with Gasteiger partial charge in [0.2, 0.25) is 11.8 Å². The number of carbonyl (C=O) groups excluding carboxylic acids is 3. The van der Waals surface area contributed by atoms with Gasteiger partial charge in [-0.1, -0.05) is 55.5 Å². The number of benzene rings is 2. The highest BCUT2D eigenvalue weighted by molar-refractivity contribution is 5.89. The van der Waals surface area contributed by atoms with E-state index in [1.165, 1.54) is 4.90 Å². The summed E-state index contributed by atoms with van der Waals surface area (Å²) in [6.07, 6.45) is -0.136. The number of carbonyl (C=O) groups is 4. The lowest BCUT2D eigenvalue weighted by Crippen LogP contribution is -2.48. The number of carboxylic acids is 1. The van der Waals surface area contributed by atoms with E-state index in [9.17, 15) is 24.3 Å². The zero-order valence-electron chi connectivity index (χ0n) is 18.8. The maximum atomic E-state index is 12.3. The number of fused-ring (bicyclic) bond motifs is 3. The Morgan fingerprint density at radius 2 is 1.59 bits per heavy atom. The van der Waals surface area contributed by atoms with E-state index in [0.29, 0.717) is 13.0 Å². The summed E-state index contributed by atoms with van der Waals surface area (Å²) in [4.78, 5) is 49.2. The second-order valence-corrected chi connectivity index (χ2v) is 8.59. The minimum Gasteiger partial charge on any atom is -0.480 e. The van der Waals surface area contributed by atoms with Gasteiger partial charge in [0.15, 0.2) is 0 Å². The van der Waals surface area contributed by atoms with E-state index < -0.39 is 29.9 Å². The molecule has 2 unspecified atom stereocenters. The average molecular weight is 466 g/mol. The predicted molar refractivity (Wildman–Crippen MR) is 123 cm³/mol. The van der Waals surface area contributed by atoms with Gasteiger partial charge in [-0.15, -0.1) is 0 Å². The summed E-state index contributed by atoms with van der Waals surface area (Å²) in [5.74, 6) is -2.32. The van der Waals surface area contributed by atoms with Crippen molar-refractivity contribution in [3.8, 4) is 11.1 Å². The molecule has 9 heteroatoms. The zero-order chi connectivity index (χ0) is 24.2. The van der Waals surface area contributed by atoms with Crippen molar-refractivity contribution in [3.05, 3.63) is 59.7 Å². The highest BCUT2D eigenvalue weighted by atomic mass is 16.5. The number of nitrogens with one attached hydrogen (secondary N) is 2. The van der Waals surface area contributed by atoms with Gasteiger partial charge in [-0.05, 0) is 34.6 Å². The predicted octanol–water partition coefficient (Wildman–Crippen LogP) is 1.96. The molecule has 1 aliphatic carbocycles. The van der Waals surface area contributed by atoms with Gasteiger partial charge >= 0.3 is 12.1 Å². The van der Waals surface area contributed by atoms with E-state index in [1.807, 2.05) is 48.5 Å². The van der Waals surface area contributed by atoms with Crippen LogP contribution in [-0.4, -0.2) is 66.2 Å². The largest absolute Gasteiger partial charge is 0.480 e. The summed E-state index contributed by atoms with van der Waals surface area (Å²) in [5, 5.41) is 14.1. The lowest BCUT2D eigenvalue weighted by molar-refractivity contribution is -0.149. The fourth-order valence-corrected chi connectivity index (χ4v) is 4.74. The summed E-state index contributed by atoms with van der Waals surface area (Å²) < 4.78 is 5.38. The van der Waals surface area contributed by atoms with Crippen LogP contribution in [0.15, 0.2) is 48.5 Å². The fraction of sp³-hybridized carbons (Fsp3) is 0.360. The third-order valence-corrected chi connectivity index (χ3v) is 6.45. The molecule has 178 valence electrons. The number of alkyl carbamates (subject to hydrolysis) is 1. The minimum atomic E-state index is -1.05. The van der Waals surface area contributed by atoms with E-state index in [1.54, 1.807) is 6.92 Å². The Morgan fingerprint density at radius 3 is 2.21 bits per heavy atom. The van der Waals surface area contributed by atoms with Gasteiger partial charge in [0.25, 0.3) is 0 Å². The molecule has 1 aliphatic heterocycles. The van der Waals surface area contributed by atoms with Crippen LogP contribution in [0, 0.1) is 5.92 Å². The van der Waals surface area contributed by atoms with Gasteiger partial charge < -0.3 is 25.4 Å². The smallest absolute Gasteiger partial charge is 0.407 e. The van der Waals surface area contributed by atoms with Crippen LogP contribution in [0.2, 0.25) is 0 Å². The van der Waals surface area contributed by atoms with Gasteiger partial charge in [0.1, 0.15) is 19.2 Å². The number of carboxylic acid groups (broad SMARTS) is 1. The Balaban J connectivity index is 1.23. The second kappa shape index (κ2) is 9.94. The molecule has 0 spiro atoms. The molecular formula is C25H27N3O6. The van der Waals surface area contributed by atoms with Crippen LogP contribution >= 0.6 is 0 Å². The number of amides is 3. The van der Waals surface area contributed by atoms with Gasteiger partial charge in [-0.25, -0.2) is 9.59 Å².